The molecule has 34 heavy (non-hydrogen) atoms. The van der Waals surface area contributed by atoms with Crippen molar-refractivity contribution in [2.75, 3.05) is 13.7 Å². The molecule has 0 radical (unpaired) electrons. The molecule has 2 N–H and O–H groups in total. The number of likely N-dealkylation sites (tertiary alicyclic amines) is 1. The van der Waals surface area contributed by atoms with Crippen molar-refractivity contribution < 1.29 is 29.3 Å². The number of carbonyl (C=O) groups is 3. The normalized spacial score (nSPS) is 17.4. The second kappa shape index (κ2) is 9.57. The van der Waals surface area contributed by atoms with Gasteiger partial charge in [-0.05, 0) is 41.8 Å². The quantitative estimate of drug-likeness (QED) is 0.532. The Kier molecular flexibility index (Phi) is 6.56. The van der Waals surface area contributed by atoms with Crippen LogP contribution in [0.1, 0.15) is 16.8 Å². The van der Waals surface area contributed by atoms with Gasteiger partial charge in [0.05, 0.1) is 13.0 Å². The molecule has 8 heteroatoms. The maximum atomic E-state index is 13.6. The summed E-state index contributed by atoms with van der Waals surface area (Å²) in [5.74, 6) is -3.21. The van der Waals surface area contributed by atoms with Crippen LogP contribution in [0, 0.1) is 5.92 Å². The largest absolute Gasteiger partial charge is 0.496 e. The first-order valence-corrected chi connectivity index (χ1v) is 11.0. The summed E-state index contributed by atoms with van der Waals surface area (Å²) in [5.41, 5.74) is 2.95. The zero-order chi connectivity index (χ0) is 24.4. The van der Waals surface area contributed by atoms with Crippen LogP contribution in [0.3, 0.4) is 0 Å². The highest BCUT2D eigenvalue weighted by Gasteiger charge is 2.43. The van der Waals surface area contributed by atoms with E-state index in [-0.39, 0.29) is 18.5 Å². The average Bonchev–Trinajstić information content (AvgIpc) is 3.30. The Morgan fingerprint density at radius 3 is 2.24 bits per heavy atom. The molecule has 0 aliphatic carbocycles. The van der Waals surface area contributed by atoms with Crippen molar-refractivity contribution in [3.63, 3.8) is 0 Å². The van der Waals surface area contributed by atoms with Crippen molar-refractivity contribution in [2.24, 2.45) is 5.92 Å². The highest BCUT2D eigenvalue weighted by Crippen LogP contribution is 2.38. The monoisotopic (exact) mass is 479 g/mol. The van der Waals surface area contributed by atoms with Gasteiger partial charge in [-0.2, -0.15) is 0 Å². The minimum Gasteiger partial charge on any atom is -0.496 e. The van der Waals surface area contributed by atoms with Crippen molar-refractivity contribution in [1.29, 1.82) is 0 Å². The number of methoxy groups -OCH3 is 1. The summed E-state index contributed by atoms with van der Waals surface area (Å²) in [6, 6.07) is 18.5. The molecule has 3 aromatic rings. The Morgan fingerprint density at radius 2 is 1.59 bits per heavy atom. The molecular weight excluding hydrogens is 458 g/mol. The van der Waals surface area contributed by atoms with E-state index in [1.807, 2.05) is 30.3 Å². The Hall–Kier alpha value is -3.84. The lowest BCUT2D eigenvalue weighted by Gasteiger charge is -2.23. The lowest BCUT2D eigenvalue weighted by atomic mass is 9.93. The maximum Gasteiger partial charge on any atom is 0.326 e. The smallest absolute Gasteiger partial charge is 0.326 e. The van der Waals surface area contributed by atoms with Crippen molar-refractivity contribution >= 4 is 29.4 Å². The third kappa shape index (κ3) is 4.34. The van der Waals surface area contributed by atoms with Gasteiger partial charge in [-0.3, -0.25) is 9.59 Å². The number of aliphatic carboxylic acids is 2. The molecule has 2 atom stereocenters. The summed E-state index contributed by atoms with van der Waals surface area (Å²) in [6.07, 6.45) is -0.142. The summed E-state index contributed by atoms with van der Waals surface area (Å²) in [7, 11) is 1.57. The number of halogens is 1. The SMILES string of the molecule is COc1ccccc1-c1ccc(C(=O)N2CC(C(=O)O)CC2C(=O)O)c(-c2ccccc2Cl)c1. The first kappa shape index (κ1) is 23.3. The molecule has 2 unspecified atom stereocenters. The number of rotatable bonds is 6. The third-order valence-corrected chi connectivity index (χ3v) is 6.36. The first-order chi connectivity index (χ1) is 16.3. The van der Waals surface area contributed by atoms with Crippen molar-refractivity contribution in [3.8, 4) is 28.0 Å². The molecule has 0 aromatic heterocycles. The molecule has 3 aromatic carbocycles. The van der Waals surface area contributed by atoms with Gasteiger partial charge >= 0.3 is 11.9 Å². The minimum absolute atomic E-state index is 0.142. The number of amides is 1. The fourth-order valence-electron chi connectivity index (χ4n) is 4.31. The second-order valence-corrected chi connectivity index (χ2v) is 8.43. The maximum absolute atomic E-state index is 13.6. The van der Waals surface area contributed by atoms with Gasteiger partial charge < -0.3 is 19.8 Å². The Morgan fingerprint density at radius 1 is 0.912 bits per heavy atom. The fourth-order valence-corrected chi connectivity index (χ4v) is 4.55. The summed E-state index contributed by atoms with van der Waals surface area (Å²) in [5, 5.41) is 19.5. The topological polar surface area (TPSA) is 104 Å². The van der Waals surface area contributed by atoms with Gasteiger partial charge in [0.15, 0.2) is 0 Å². The number of carbonyl (C=O) groups excluding carboxylic acids is 1. The van der Waals surface area contributed by atoms with Crippen LogP contribution in [-0.2, 0) is 9.59 Å². The zero-order valence-electron chi connectivity index (χ0n) is 18.3. The molecule has 1 amide bonds. The standard InChI is InChI=1S/C26H22ClNO6/c1-34-23-9-5-3-6-17(23)15-10-11-19(20(12-15)18-7-2-4-8-21(18)27)24(29)28-14-16(25(30)31)13-22(28)26(32)33/h2-12,16,22H,13-14H2,1H3,(H,30,31)(H,32,33). The van der Waals surface area contributed by atoms with Crippen molar-refractivity contribution in [3.05, 3.63) is 77.3 Å². The van der Waals surface area contributed by atoms with Crippen LogP contribution in [0.25, 0.3) is 22.3 Å². The van der Waals surface area contributed by atoms with E-state index < -0.39 is 29.8 Å². The predicted molar refractivity (Wildman–Crippen MR) is 127 cm³/mol. The fraction of sp³-hybridized carbons (Fsp3) is 0.192. The number of benzene rings is 3. The second-order valence-electron chi connectivity index (χ2n) is 8.02. The number of carboxylic acid groups (broad SMARTS) is 2. The van der Waals surface area contributed by atoms with Crippen LogP contribution in [0.5, 0.6) is 5.75 Å². The van der Waals surface area contributed by atoms with Crippen molar-refractivity contribution in [1.82, 2.24) is 4.90 Å². The lowest BCUT2D eigenvalue weighted by Crippen LogP contribution is -2.40. The zero-order valence-corrected chi connectivity index (χ0v) is 19.0. The number of para-hydroxylation sites is 1. The molecule has 4 rings (SSSR count). The highest BCUT2D eigenvalue weighted by molar-refractivity contribution is 6.33. The van der Waals surface area contributed by atoms with Crippen LogP contribution in [0.4, 0.5) is 0 Å². The number of hydrogen-bond acceptors (Lipinski definition) is 4. The molecule has 174 valence electrons. The molecule has 0 spiro atoms. The van der Waals surface area contributed by atoms with Gasteiger partial charge in [-0.25, -0.2) is 4.79 Å². The van der Waals surface area contributed by atoms with Crippen LogP contribution in [0.15, 0.2) is 66.7 Å². The summed E-state index contributed by atoms with van der Waals surface area (Å²) in [6.45, 7) is -0.179. The molecule has 1 fully saturated rings. The van der Waals surface area contributed by atoms with E-state index in [0.717, 1.165) is 16.0 Å². The Bertz CT molecular complexity index is 1270. The van der Waals surface area contributed by atoms with E-state index in [4.69, 9.17) is 16.3 Å². The Balaban J connectivity index is 1.85. The lowest BCUT2D eigenvalue weighted by molar-refractivity contribution is -0.141. The number of ether oxygens (including phenoxy) is 1. The number of carboxylic acids is 2. The molecule has 1 aliphatic heterocycles. The van der Waals surface area contributed by atoms with E-state index in [0.29, 0.717) is 21.9 Å². The van der Waals surface area contributed by atoms with Crippen LogP contribution >= 0.6 is 11.6 Å². The van der Waals surface area contributed by atoms with Crippen molar-refractivity contribution in [2.45, 2.75) is 12.5 Å². The minimum atomic E-state index is -1.23. The summed E-state index contributed by atoms with van der Waals surface area (Å²) in [4.78, 5) is 38.1. The summed E-state index contributed by atoms with van der Waals surface area (Å²) < 4.78 is 5.48. The molecule has 0 bridgehead atoms. The van der Waals surface area contributed by atoms with Gasteiger partial charge in [-0.1, -0.05) is 54.1 Å². The van der Waals surface area contributed by atoms with E-state index in [2.05, 4.69) is 0 Å². The number of nitrogens with zero attached hydrogens (tertiary/aromatic N) is 1. The van der Waals surface area contributed by atoms with E-state index in [1.54, 1.807) is 43.5 Å². The molecular formula is C26H22ClNO6. The molecule has 0 saturated carbocycles. The summed E-state index contributed by atoms with van der Waals surface area (Å²) >= 11 is 6.47. The van der Waals surface area contributed by atoms with E-state index in [9.17, 15) is 24.6 Å². The van der Waals surface area contributed by atoms with Gasteiger partial charge in [0.2, 0.25) is 0 Å². The molecule has 1 saturated heterocycles. The molecule has 1 heterocycles. The number of hydrogen-bond donors (Lipinski definition) is 2. The predicted octanol–water partition coefficient (Wildman–Crippen LogP) is 4.68. The van der Waals surface area contributed by atoms with Crippen LogP contribution in [0.2, 0.25) is 5.02 Å². The molecule has 1 aliphatic rings. The van der Waals surface area contributed by atoms with Gasteiger partial charge in [0.25, 0.3) is 5.91 Å². The third-order valence-electron chi connectivity index (χ3n) is 6.03. The highest BCUT2D eigenvalue weighted by atomic mass is 35.5. The van der Waals surface area contributed by atoms with Crippen LogP contribution in [-0.4, -0.2) is 52.7 Å². The van der Waals surface area contributed by atoms with Gasteiger partial charge in [-0.15, -0.1) is 0 Å². The van der Waals surface area contributed by atoms with E-state index >= 15 is 0 Å². The van der Waals surface area contributed by atoms with Gasteiger partial charge in [0.1, 0.15) is 11.8 Å². The van der Waals surface area contributed by atoms with Gasteiger partial charge in [0, 0.05) is 28.3 Å². The van der Waals surface area contributed by atoms with Crippen LogP contribution < -0.4 is 4.74 Å². The Labute approximate surface area is 201 Å². The van der Waals surface area contributed by atoms with E-state index in [1.165, 1.54) is 0 Å². The first-order valence-electron chi connectivity index (χ1n) is 10.6. The average molecular weight is 480 g/mol. The molecule has 7 nitrogen and oxygen atoms in total.